The van der Waals surface area contributed by atoms with Crippen LogP contribution in [0.25, 0.3) is 0 Å². The Balaban J connectivity index is 0.00000289. The molecular weight excluding hydrogens is 293 g/mol. The summed E-state index contributed by atoms with van der Waals surface area (Å²) in [6.45, 7) is -1.89. The molecule has 0 radical (unpaired) electrons. The van der Waals surface area contributed by atoms with E-state index in [2.05, 4.69) is 0 Å². The molecule has 0 bridgehead atoms. The summed E-state index contributed by atoms with van der Waals surface area (Å²) in [5, 5.41) is 4.85. The molecule has 3 nitrogen and oxygen atoms in total. The number of hydrogen-bond acceptors (Lipinski definition) is 2. The molecule has 0 amide bonds. The normalized spacial score (nSPS) is 12.4. The first kappa shape index (κ1) is 18.6. The Kier molecular flexibility index (Phi) is 6.60. The van der Waals surface area contributed by atoms with Crippen LogP contribution in [0, 0.1) is 0 Å². The van der Waals surface area contributed by atoms with E-state index in [0.717, 1.165) is 6.07 Å². The van der Waals surface area contributed by atoms with Gasteiger partial charge in [-0.15, -0.1) is 5.46 Å². The van der Waals surface area contributed by atoms with Gasteiger partial charge in [-0.05, 0) is 17.5 Å². The summed E-state index contributed by atoms with van der Waals surface area (Å²) in [7, 11) is -4.13. The van der Waals surface area contributed by atoms with E-state index in [0.29, 0.717) is 11.6 Å². The smallest absolute Gasteiger partial charge is 0.445 e. The minimum absolute atomic E-state index is 0. The predicted molar refractivity (Wildman–Crippen MR) is 60.6 cm³/mol. The van der Waals surface area contributed by atoms with Crippen molar-refractivity contribution in [3.8, 4) is 0 Å². The molecule has 9 heteroatoms. The van der Waals surface area contributed by atoms with Crippen LogP contribution < -0.4 is 62.0 Å². The number of hydrogen-bond donors (Lipinski definition) is 1. The molecule has 18 heavy (non-hydrogen) atoms. The molecule has 0 saturated carbocycles. The SMILES string of the molecule is CC(C)c1cc([B-](F)(F)F)cc(S(N)(=O)=O)c1.[K+]. The Morgan fingerprint density at radius 2 is 1.67 bits per heavy atom. The van der Waals surface area contributed by atoms with Crippen LogP contribution in [0.15, 0.2) is 23.1 Å². The van der Waals surface area contributed by atoms with Crippen molar-refractivity contribution < 1.29 is 72.7 Å². The summed E-state index contributed by atoms with van der Waals surface area (Å²) in [6, 6.07) is 2.70. The van der Waals surface area contributed by atoms with Gasteiger partial charge in [0, 0.05) is 0 Å². The summed E-state index contributed by atoms with van der Waals surface area (Å²) in [6.07, 6.45) is 0. The van der Waals surface area contributed by atoms with Crippen molar-refractivity contribution in [1.82, 2.24) is 0 Å². The topological polar surface area (TPSA) is 60.2 Å². The monoisotopic (exact) mass is 305 g/mol. The van der Waals surface area contributed by atoms with E-state index in [1.165, 1.54) is 6.07 Å². The summed E-state index contributed by atoms with van der Waals surface area (Å²) in [5.74, 6) is -0.214. The van der Waals surface area contributed by atoms with Crippen LogP contribution >= 0.6 is 0 Å². The van der Waals surface area contributed by atoms with Gasteiger partial charge in [-0.25, -0.2) is 13.6 Å². The van der Waals surface area contributed by atoms with Gasteiger partial charge in [0.05, 0.1) is 4.90 Å². The molecule has 0 aromatic heterocycles. The van der Waals surface area contributed by atoms with E-state index in [4.69, 9.17) is 5.14 Å². The van der Waals surface area contributed by atoms with E-state index in [-0.39, 0.29) is 57.3 Å². The van der Waals surface area contributed by atoms with Gasteiger partial charge < -0.3 is 12.9 Å². The Morgan fingerprint density at radius 1 is 1.17 bits per heavy atom. The van der Waals surface area contributed by atoms with E-state index >= 15 is 0 Å². The van der Waals surface area contributed by atoms with Crippen LogP contribution in [0.1, 0.15) is 25.3 Å². The third kappa shape index (κ3) is 4.95. The van der Waals surface area contributed by atoms with Gasteiger partial charge in [-0.3, -0.25) is 0 Å². The van der Waals surface area contributed by atoms with Gasteiger partial charge in [0.25, 0.3) is 0 Å². The second-order valence-corrected chi connectivity index (χ2v) is 5.67. The van der Waals surface area contributed by atoms with Gasteiger partial charge in [0.15, 0.2) is 0 Å². The van der Waals surface area contributed by atoms with Gasteiger partial charge in [0.1, 0.15) is 0 Å². The quantitative estimate of drug-likeness (QED) is 0.692. The molecule has 0 atom stereocenters. The first-order chi connectivity index (χ1) is 7.51. The maximum absolute atomic E-state index is 12.6. The number of benzene rings is 1. The molecule has 0 aliphatic carbocycles. The van der Waals surface area contributed by atoms with Gasteiger partial charge in [-0.2, -0.15) is 0 Å². The maximum Gasteiger partial charge on any atom is 1.00 e. The molecule has 0 aliphatic heterocycles. The fourth-order valence-corrected chi connectivity index (χ4v) is 1.93. The second-order valence-electron chi connectivity index (χ2n) is 4.11. The Hall–Kier alpha value is 0.621. The van der Waals surface area contributed by atoms with Crippen molar-refractivity contribution in [1.29, 1.82) is 0 Å². The summed E-state index contributed by atoms with van der Waals surface area (Å²) in [4.78, 5) is -0.502. The molecule has 1 aromatic carbocycles. The molecule has 2 N–H and O–H groups in total. The zero-order valence-electron chi connectivity index (χ0n) is 10.3. The third-order valence-corrected chi connectivity index (χ3v) is 3.22. The minimum atomic E-state index is -5.24. The van der Waals surface area contributed by atoms with Gasteiger partial charge >= 0.3 is 58.4 Å². The van der Waals surface area contributed by atoms with Crippen molar-refractivity contribution in [3.05, 3.63) is 23.8 Å². The third-order valence-electron chi connectivity index (χ3n) is 2.32. The molecule has 96 valence electrons. The van der Waals surface area contributed by atoms with Crippen molar-refractivity contribution in [2.45, 2.75) is 24.7 Å². The minimum Gasteiger partial charge on any atom is -0.445 e. The van der Waals surface area contributed by atoms with E-state index in [1.807, 2.05) is 0 Å². The first-order valence-electron chi connectivity index (χ1n) is 4.89. The summed E-state index contributed by atoms with van der Waals surface area (Å²) >= 11 is 0. The molecule has 0 heterocycles. The van der Waals surface area contributed by atoms with E-state index < -0.39 is 27.4 Å². The first-order valence-corrected chi connectivity index (χ1v) is 6.44. The second kappa shape index (κ2) is 6.38. The molecule has 1 rings (SSSR count). The zero-order chi connectivity index (χ0) is 13.4. The number of sulfonamides is 1. The summed E-state index contributed by atoms with van der Waals surface area (Å²) in [5.41, 5.74) is -0.647. The zero-order valence-corrected chi connectivity index (χ0v) is 14.3. The van der Waals surface area contributed by atoms with Gasteiger partial charge in [-0.1, -0.05) is 26.0 Å². The van der Waals surface area contributed by atoms with Crippen LogP contribution in [0.2, 0.25) is 0 Å². The maximum atomic E-state index is 12.6. The van der Waals surface area contributed by atoms with Gasteiger partial charge in [0.2, 0.25) is 10.0 Å². The number of rotatable bonds is 3. The average molecular weight is 305 g/mol. The molecular formula is C9H12BF3KNO2S. The fraction of sp³-hybridized carbons (Fsp3) is 0.333. The van der Waals surface area contributed by atoms with Crippen molar-refractivity contribution in [2.24, 2.45) is 5.14 Å². The van der Waals surface area contributed by atoms with Crippen molar-refractivity contribution in [2.75, 3.05) is 0 Å². The predicted octanol–water partition coefficient (Wildman–Crippen LogP) is -1.48. The van der Waals surface area contributed by atoms with Crippen LogP contribution in [-0.4, -0.2) is 15.4 Å². The molecule has 1 aromatic rings. The summed E-state index contributed by atoms with van der Waals surface area (Å²) < 4.78 is 60.1. The van der Waals surface area contributed by atoms with Crippen LogP contribution in [0.5, 0.6) is 0 Å². The number of halogens is 3. The molecule has 0 spiro atoms. The molecule has 0 fully saturated rings. The molecule has 0 aliphatic rings. The van der Waals surface area contributed by atoms with E-state index in [1.54, 1.807) is 13.8 Å². The van der Waals surface area contributed by atoms with E-state index in [9.17, 15) is 21.4 Å². The standard InChI is InChI=1S/C9H12BF3NO2S.K/c1-6(2)7-3-8(10(11,12)13)5-9(4-7)17(14,15)16;/h3-6H,1-2H3,(H2,14,15,16);/q-1;+1. The number of primary sulfonamides is 1. The molecule has 0 unspecified atom stereocenters. The average Bonchev–Trinajstić information content (AvgIpc) is 2.14. The Morgan fingerprint density at radius 3 is 2.00 bits per heavy atom. The number of nitrogens with two attached hydrogens (primary N) is 1. The van der Waals surface area contributed by atoms with Crippen molar-refractivity contribution >= 4 is 22.5 Å². The Labute approximate surface area is 147 Å². The van der Waals surface area contributed by atoms with Crippen molar-refractivity contribution in [3.63, 3.8) is 0 Å². The fourth-order valence-electron chi connectivity index (χ4n) is 1.33. The Bertz CT molecular complexity index is 531. The van der Waals surface area contributed by atoms with Crippen LogP contribution in [0.3, 0.4) is 0 Å². The molecule has 0 saturated heterocycles. The van der Waals surface area contributed by atoms with Crippen LogP contribution in [0.4, 0.5) is 12.9 Å². The largest absolute Gasteiger partial charge is 1.00 e. The van der Waals surface area contributed by atoms with Crippen LogP contribution in [-0.2, 0) is 10.0 Å².